The Bertz CT molecular complexity index is 686. The van der Waals surface area contributed by atoms with Crippen LogP contribution in [0.5, 0.6) is 5.88 Å². The number of alkyl halides is 3. The van der Waals surface area contributed by atoms with Gasteiger partial charge in [0.2, 0.25) is 5.88 Å². The Kier molecular flexibility index (Phi) is 7.31. The quantitative estimate of drug-likeness (QED) is 0.555. The summed E-state index contributed by atoms with van der Waals surface area (Å²) in [5.74, 6) is 0.516. The topological polar surface area (TPSA) is 63.5 Å². The molecule has 0 saturated carbocycles. The zero-order valence-corrected chi connectivity index (χ0v) is 14.5. The number of hydrogen-bond acceptors (Lipinski definition) is 3. The lowest BCUT2D eigenvalue weighted by Crippen LogP contribution is -2.38. The Morgan fingerprint density at radius 3 is 2.69 bits per heavy atom. The van der Waals surface area contributed by atoms with Crippen LogP contribution < -0.4 is 15.4 Å². The van der Waals surface area contributed by atoms with Crippen LogP contribution in [-0.4, -0.2) is 41.4 Å². The Morgan fingerprint density at radius 2 is 2.00 bits per heavy atom. The summed E-state index contributed by atoms with van der Waals surface area (Å²) in [5, 5.41) is 6.28. The first-order valence-corrected chi connectivity index (χ1v) is 8.24. The maximum Gasteiger partial charge on any atom is 0.422 e. The number of aromatic nitrogens is 2. The molecule has 9 heteroatoms. The van der Waals surface area contributed by atoms with E-state index < -0.39 is 12.8 Å². The van der Waals surface area contributed by atoms with Gasteiger partial charge in [-0.15, -0.1) is 0 Å². The Balaban J connectivity index is 1.95. The SMILES string of the molecule is CCNC(=NCc1cccnc1OCC(F)(F)F)NCCn1cccc1. The number of pyridine rings is 1. The van der Waals surface area contributed by atoms with Crippen molar-refractivity contribution in [2.24, 2.45) is 4.99 Å². The van der Waals surface area contributed by atoms with Gasteiger partial charge in [-0.25, -0.2) is 9.98 Å². The van der Waals surface area contributed by atoms with Gasteiger partial charge >= 0.3 is 6.18 Å². The molecule has 142 valence electrons. The maximum atomic E-state index is 12.3. The molecule has 0 fully saturated rings. The van der Waals surface area contributed by atoms with Crippen LogP contribution >= 0.6 is 0 Å². The van der Waals surface area contributed by atoms with Crippen LogP contribution in [-0.2, 0) is 13.1 Å². The predicted octanol–water partition coefficient (Wildman–Crippen LogP) is 2.58. The molecule has 0 unspecified atom stereocenters. The Hall–Kier alpha value is -2.71. The lowest BCUT2D eigenvalue weighted by atomic mass is 10.3. The van der Waals surface area contributed by atoms with E-state index in [-0.39, 0.29) is 12.4 Å². The van der Waals surface area contributed by atoms with Gasteiger partial charge in [0.25, 0.3) is 0 Å². The second kappa shape index (κ2) is 9.69. The van der Waals surface area contributed by atoms with E-state index in [9.17, 15) is 13.2 Å². The molecule has 0 aliphatic rings. The molecule has 0 bridgehead atoms. The molecule has 2 rings (SSSR count). The molecule has 0 radical (unpaired) electrons. The number of halogens is 3. The molecule has 2 aromatic heterocycles. The van der Waals surface area contributed by atoms with Gasteiger partial charge in [-0.1, -0.05) is 6.07 Å². The minimum Gasteiger partial charge on any atom is -0.468 e. The molecular weight excluding hydrogens is 347 g/mol. The molecule has 0 amide bonds. The van der Waals surface area contributed by atoms with Gasteiger partial charge < -0.3 is 19.9 Å². The fourth-order valence-electron chi connectivity index (χ4n) is 2.15. The standard InChI is InChI=1S/C17H22F3N5O/c1-2-21-16(23-8-11-25-9-3-4-10-25)24-12-14-6-5-7-22-15(14)26-13-17(18,19)20/h3-7,9-10H,2,8,11-13H2,1H3,(H2,21,23,24). The Labute approximate surface area is 150 Å². The predicted molar refractivity (Wildman–Crippen MR) is 93.0 cm³/mol. The summed E-state index contributed by atoms with van der Waals surface area (Å²) >= 11 is 0. The van der Waals surface area contributed by atoms with E-state index in [1.165, 1.54) is 6.20 Å². The van der Waals surface area contributed by atoms with Gasteiger partial charge in [0.1, 0.15) is 0 Å². The van der Waals surface area contributed by atoms with Gasteiger partial charge in [-0.2, -0.15) is 13.2 Å². The second-order valence-electron chi connectivity index (χ2n) is 5.41. The number of rotatable bonds is 8. The van der Waals surface area contributed by atoms with E-state index >= 15 is 0 Å². The zero-order chi connectivity index (χ0) is 18.8. The van der Waals surface area contributed by atoms with Gasteiger partial charge in [-0.05, 0) is 25.1 Å². The first kappa shape index (κ1) is 19.6. The minimum atomic E-state index is -4.41. The normalized spacial score (nSPS) is 12.1. The molecule has 2 heterocycles. The number of ether oxygens (including phenoxy) is 1. The number of nitrogens with one attached hydrogen (secondary N) is 2. The smallest absolute Gasteiger partial charge is 0.422 e. The molecule has 0 aromatic carbocycles. The first-order valence-electron chi connectivity index (χ1n) is 8.24. The second-order valence-corrected chi connectivity index (χ2v) is 5.41. The maximum absolute atomic E-state index is 12.3. The lowest BCUT2D eigenvalue weighted by Gasteiger charge is -2.13. The number of guanidine groups is 1. The largest absolute Gasteiger partial charge is 0.468 e. The van der Waals surface area contributed by atoms with Crippen molar-refractivity contribution in [3.05, 3.63) is 48.4 Å². The highest BCUT2D eigenvalue weighted by atomic mass is 19.4. The monoisotopic (exact) mass is 369 g/mol. The summed E-state index contributed by atoms with van der Waals surface area (Å²) in [6.45, 7) is 2.80. The van der Waals surface area contributed by atoms with Gasteiger partial charge in [0.05, 0.1) is 6.54 Å². The van der Waals surface area contributed by atoms with Crippen molar-refractivity contribution in [3.8, 4) is 5.88 Å². The molecule has 2 aromatic rings. The summed E-state index contributed by atoms with van der Waals surface area (Å²) in [6, 6.07) is 7.18. The van der Waals surface area contributed by atoms with Crippen LogP contribution in [0.2, 0.25) is 0 Å². The molecule has 2 N–H and O–H groups in total. The average Bonchev–Trinajstić information content (AvgIpc) is 3.11. The molecular formula is C17H22F3N5O. The Morgan fingerprint density at radius 1 is 1.23 bits per heavy atom. The van der Waals surface area contributed by atoms with Crippen molar-refractivity contribution in [1.82, 2.24) is 20.2 Å². The molecule has 6 nitrogen and oxygen atoms in total. The number of hydrogen-bond donors (Lipinski definition) is 2. The number of nitrogens with zero attached hydrogens (tertiary/aromatic N) is 3. The minimum absolute atomic E-state index is 0.0586. The van der Waals surface area contributed by atoms with Crippen LogP contribution in [0.15, 0.2) is 47.8 Å². The third-order valence-corrected chi connectivity index (χ3v) is 3.30. The lowest BCUT2D eigenvalue weighted by molar-refractivity contribution is -0.154. The van der Waals surface area contributed by atoms with E-state index in [1.807, 2.05) is 36.0 Å². The van der Waals surface area contributed by atoms with E-state index in [2.05, 4.69) is 20.6 Å². The van der Waals surface area contributed by atoms with Crippen molar-refractivity contribution in [1.29, 1.82) is 0 Å². The summed E-state index contributed by atoms with van der Waals surface area (Å²) < 4.78 is 43.8. The fraction of sp³-hybridized carbons (Fsp3) is 0.412. The van der Waals surface area contributed by atoms with Gasteiger partial charge in [0.15, 0.2) is 12.6 Å². The molecule has 0 aliphatic heterocycles. The van der Waals surface area contributed by atoms with E-state index in [0.717, 1.165) is 6.54 Å². The highest BCUT2D eigenvalue weighted by Crippen LogP contribution is 2.20. The zero-order valence-electron chi connectivity index (χ0n) is 14.5. The van der Waals surface area contributed by atoms with Crippen LogP contribution in [0, 0.1) is 0 Å². The number of aliphatic imine (C=N–C) groups is 1. The molecule has 26 heavy (non-hydrogen) atoms. The van der Waals surface area contributed by atoms with Crippen LogP contribution in [0.1, 0.15) is 12.5 Å². The highest BCUT2D eigenvalue weighted by molar-refractivity contribution is 5.79. The van der Waals surface area contributed by atoms with Crippen molar-refractivity contribution in [2.75, 3.05) is 19.7 Å². The van der Waals surface area contributed by atoms with Crippen molar-refractivity contribution >= 4 is 5.96 Å². The van der Waals surface area contributed by atoms with Crippen LogP contribution in [0.25, 0.3) is 0 Å². The van der Waals surface area contributed by atoms with Crippen molar-refractivity contribution in [3.63, 3.8) is 0 Å². The highest BCUT2D eigenvalue weighted by Gasteiger charge is 2.29. The summed E-state index contributed by atoms with van der Waals surface area (Å²) in [5.41, 5.74) is 0.486. The molecule has 0 aliphatic carbocycles. The third kappa shape index (κ3) is 7.04. The molecule has 0 spiro atoms. The van der Waals surface area contributed by atoms with Crippen LogP contribution in [0.4, 0.5) is 13.2 Å². The van der Waals surface area contributed by atoms with Gasteiger partial charge in [0, 0.05) is 43.8 Å². The first-order chi connectivity index (χ1) is 12.5. The summed E-state index contributed by atoms with van der Waals surface area (Å²) in [7, 11) is 0. The summed E-state index contributed by atoms with van der Waals surface area (Å²) in [6.07, 6.45) is 0.907. The average molecular weight is 369 g/mol. The van der Waals surface area contributed by atoms with Crippen molar-refractivity contribution < 1.29 is 17.9 Å². The van der Waals surface area contributed by atoms with Crippen LogP contribution in [0.3, 0.4) is 0 Å². The van der Waals surface area contributed by atoms with Crippen molar-refractivity contribution in [2.45, 2.75) is 26.2 Å². The molecule has 0 saturated heterocycles. The van der Waals surface area contributed by atoms with E-state index in [0.29, 0.717) is 24.6 Å². The van der Waals surface area contributed by atoms with E-state index in [4.69, 9.17) is 4.74 Å². The van der Waals surface area contributed by atoms with Gasteiger partial charge in [-0.3, -0.25) is 0 Å². The fourth-order valence-corrected chi connectivity index (χ4v) is 2.15. The third-order valence-electron chi connectivity index (χ3n) is 3.30. The summed E-state index contributed by atoms with van der Waals surface area (Å²) in [4.78, 5) is 8.26. The van der Waals surface area contributed by atoms with E-state index in [1.54, 1.807) is 12.1 Å². The molecule has 0 atom stereocenters.